The predicted octanol–water partition coefficient (Wildman–Crippen LogP) is 3.99. The van der Waals surface area contributed by atoms with E-state index in [9.17, 15) is 0 Å². The number of aryl methyl sites for hydroxylation is 2. The Morgan fingerprint density at radius 1 is 1.35 bits per heavy atom. The van der Waals surface area contributed by atoms with Gasteiger partial charge in [-0.1, -0.05) is 17.7 Å². The summed E-state index contributed by atoms with van der Waals surface area (Å²) in [4.78, 5) is 4.41. The van der Waals surface area contributed by atoms with Crippen LogP contribution in [0.2, 0.25) is 5.15 Å². The van der Waals surface area contributed by atoms with Gasteiger partial charge in [-0.05, 0) is 36.6 Å². The molecule has 0 fully saturated rings. The van der Waals surface area contributed by atoms with E-state index in [0.717, 1.165) is 34.2 Å². The van der Waals surface area contributed by atoms with Crippen molar-refractivity contribution in [2.24, 2.45) is 0 Å². The SMILES string of the molecule is COc1ccc(C)c2cc(CCCl)c(Cl)nc12. The van der Waals surface area contributed by atoms with E-state index in [4.69, 9.17) is 27.9 Å². The van der Waals surface area contributed by atoms with Crippen molar-refractivity contribution in [1.82, 2.24) is 4.98 Å². The highest BCUT2D eigenvalue weighted by molar-refractivity contribution is 6.30. The maximum Gasteiger partial charge on any atom is 0.145 e. The average molecular weight is 270 g/mol. The average Bonchev–Trinajstić information content (AvgIpc) is 2.32. The van der Waals surface area contributed by atoms with Gasteiger partial charge in [-0.3, -0.25) is 0 Å². The van der Waals surface area contributed by atoms with Crippen LogP contribution in [0, 0.1) is 6.92 Å². The van der Waals surface area contributed by atoms with Crippen molar-refractivity contribution in [3.63, 3.8) is 0 Å². The van der Waals surface area contributed by atoms with Crippen LogP contribution < -0.4 is 4.74 Å². The van der Waals surface area contributed by atoms with Gasteiger partial charge in [-0.2, -0.15) is 0 Å². The maximum absolute atomic E-state index is 6.14. The fourth-order valence-corrected chi connectivity index (χ4v) is 2.27. The summed E-state index contributed by atoms with van der Waals surface area (Å²) >= 11 is 11.9. The molecular formula is C13H13Cl2NO. The van der Waals surface area contributed by atoms with Crippen LogP contribution in [-0.2, 0) is 6.42 Å². The highest BCUT2D eigenvalue weighted by atomic mass is 35.5. The molecule has 1 aromatic carbocycles. The van der Waals surface area contributed by atoms with E-state index in [2.05, 4.69) is 4.98 Å². The number of hydrogen-bond donors (Lipinski definition) is 0. The molecule has 0 aliphatic carbocycles. The van der Waals surface area contributed by atoms with Crippen LogP contribution in [-0.4, -0.2) is 18.0 Å². The number of hydrogen-bond acceptors (Lipinski definition) is 2. The molecule has 2 aromatic rings. The summed E-state index contributed by atoms with van der Waals surface area (Å²) in [5.74, 6) is 1.28. The zero-order chi connectivity index (χ0) is 12.4. The zero-order valence-corrected chi connectivity index (χ0v) is 11.3. The van der Waals surface area contributed by atoms with E-state index in [1.54, 1.807) is 7.11 Å². The number of benzene rings is 1. The molecule has 2 rings (SSSR count). The number of fused-ring (bicyclic) bond motifs is 1. The number of methoxy groups -OCH3 is 1. The molecule has 0 unspecified atom stereocenters. The molecular weight excluding hydrogens is 257 g/mol. The summed E-state index contributed by atoms with van der Waals surface area (Å²) in [7, 11) is 1.63. The van der Waals surface area contributed by atoms with Crippen molar-refractivity contribution in [3.8, 4) is 5.75 Å². The fourth-order valence-electron chi connectivity index (χ4n) is 1.83. The first-order valence-electron chi connectivity index (χ1n) is 5.36. The van der Waals surface area contributed by atoms with Gasteiger partial charge in [0.1, 0.15) is 16.4 Å². The Labute approximate surface area is 111 Å². The summed E-state index contributed by atoms with van der Waals surface area (Å²) in [6, 6.07) is 5.97. The summed E-state index contributed by atoms with van der Waals surface area (Å²) in [5, 5.41) is 1.57. The van der Waals surface area contributed by atoms with Crippen LogP contribution in [0.15, 0.2) is 18.2 Å². The lowest BCUT2D eigenvalue weighted by Gasteiger charge is -2.10. The highest BCUT2D eigenvalue weighted by Gasteiger charge is 2.10. The molecule has 0 bridgehead atoms. The normalized spacial score (nSPS) is 10.8. The molecule has 4 heteroatoms. The number of aromatic nitrogens is 1. The number of pyridine rings is 1. The first-order valence-corrected chi connectivity index (χ1v) is 6.27. The van der Waals surface area contributed by atoms with E-state index < -0.39 is 0 Å². The fraction of sp³-hybridized carbons (Fsp3) is 0.308. The second-order valence-corrected chi connectivity index (χ2v) is 4.59. The molecule has 0 spiro atoms. The smallest absolute Gasteiger partial charge is 0.145 e. The molecule has 0 amide bonds. The molecule has 0 saturated carbocycles. The Hall–Kier alpha value is -0.990. The van der Waals surface area contributed by atoms with E-state index in [1.165, 1.54) is 0 Å². The second kappa shape index (κ2) is 5.11. The third-order valence-corrected chi connectivity index (χ3v) is 3.29. The van der Waals surface area contributed by atoms with Crippen LogP contribution in [0.25, 0.3) is 10.9 Å². The third kappa shape index (κ3) is 2.33. The van der Waals surface area contributed by atoms with Gasteiger partial charge < -0.3 is 4.74 Å². The first-order chi connectivity index (χ1) is 8.17. The lowest BCUT2D eigenvalue weighted by molar-refractivity contribution is 0.419. The van der Waals surface area contributed by atoms with Crippen molar-refractivity contribution >= 4 is 34.1 Å². The molecule has 0 atom stereocenters. The van der Waals surface area contributed by atoms with Gasteiger partial charge in [0.05, 0.1) is 7.11 Å². The Bertz CT molecular complexity index is 555. The van der Waals surface area contributed by atoms with E-state index >= 15 is 0 Å². The van der Waals surface area contributed by atoms with E-state index in [-0.39, 0.29) is 0 Å². The molecule has 90 valence electrons. The molecule has 1 heterocycles. The first kappa shape index (κ1) is 12.5. The minimum Gasteiger partial charge on any atom is -0.494 e. The number of rotatable bonds is 3. The maximum atomic E-state index is 6.14. The molecule has 17 heavy (non-hydrogen) atoms. The molecule has 0 saturated heterocycles. The van der Waals surface area contributed by atoms with Crippen molar-refractivity contribution < 1.29 is 4.74 Å². The molecule has 1 aromatic heterocycles. The largest absolute Gasteiger partial charge is 0.494 e. The monoisotopic (exact) mass is 269 g/mol. The number of halogens is 2. The molecule has 0 N–H and O–H groups in total. The minimum atomic E-state index is 0.502. The number of alkyl halides is 1. The van der Waals surface area contributed by atoms with Gasteiger partial charge in [0, 0.05) is 11.3 Å². The van der Waals surface area contributed by atoms with Crippen molar-refractivity contribution in [2.75, 3.05) is 13.0 Å². The lowest BCUT2D eigenvalue weighted by atomic mass is 10.1. The van der Waals surface area contributed by atoms with Gasteiger partial charge in [-0.25, -0.2) is 4.98 Å². The summed E-state index contributed by atoms with van der Waals surface area (Å²) < 4.78 is 5.29. The van der Waals surface area contributed by atoms with Gasteiger partial charge in [-0.15, -0.1) is 11.6 Å². The predicted molar refractivity (Wildman–Crippen MR) is 72.5 cm³/mol. The van der Waals surface area contributed by atoms with Gasteiger partial charge >= 0.3 is 0 Å². The number of nitrogens with zero attached hydrogens (tertiary/aromatic N) is 1. The quantitative estimate of drug-likeness (QED) is 0.621. The lowest BCUT2D eigenvalue weighted by Crippen LogP contribution is -1.95. The Kier molecular flexibility index (Phi) is 3.75. The molecule has 0 aliphatic heterocycles. The second-order valence-electron chi connectivity index (χ2n) is 3.86. The van der Waals surface area contributed by atoms with Crippen LogP contribution in [0.4, 0.5) is 0 Å². The zero-order valence-electron chi connectivity index (χ0n) is 9.76. The van der Waals surface area contributed by atoms with Crippen LogP contribution in [0.5, 0.6) is 5.75 Å². The number of ether oxygens (including phenoxy) is 1. The summed E-state index contributed by atoms with van der Waals surface area (Å²) in [6.45, 7) is 2.04. The Balaban J connectivity index is 2.72. The van der Waals surface area contributed by atoms with Crippen molar-refractivity contribution in [2.45, 2.75) is 13.3 Å². The molecule has 0 aliphatic rings. The van der Waals surface area contributed by atoms with Crippen LogP contribution in [0.3, 0.4) is 0 Å². The minimum absolute atomic E-state index is 0.502. The Morgan fingerprint density at radius 2 is 2.12 bits per heavy atom. The van der Waals surface area contributed by atoms with E-state index in [1.807, 2.05) is 25.1 Å². The Morgan fingerprint density at radius 3 is 2.76 bits per heavy atom. The summed E-state index contributed by atoms with van der Waals surface area (Å²) in [6.07, 6.45) is 0.722. The summed E-state index contributed by atoms with van der Waals surface area (Å²) in [5.41, 5.74) is 2.93. The topological polar surface area (TPSA) is 22.1 Å². The van der Waals surface area contributed by atoms with Crippen molar-refractivity contribution in [1.29, 1.82) is 0 Å². The molecule has 2 nitrogen and oxygen atoms in total. The van der Waals surface area contributed by atoms with Gasteiger partial charge in [0.15, 0.2) is 0 Å². The third-order valence-electron chi connectivity index (χ3n) is 2.78. The highest BCUT2D eigenvalue weighted by Crippen LogP contribution is 2.30. The van der Waals surface area contributed by atoms with Crippen molar-refractivity contribution in [3.05, 3.63) is 34.5 Å². The standard InChI is InChI=1S/C13H13Cl2NO/c1-8-3-4-11(17-2)12-10(8)7-9(5-6-14)13(15)16-12/h3-4,7H,5-6H2,1-2H3. The van der Waals surface area contributed by atoms with Gasteiger partial charge in [0.2, 0.25) is 0 Å². The van der Waals surface area contributed by atoms with Gasteiger partial charge in [0.25, 0.3) is 0 Å². The molecule has 0 radical (unpaired) electrons. The van der Waals surface area contributed by atoms with Crippen LogP contribution in [0.1, 0.15) is 11.1 Å². The van der Waals surface area contributed by atoms with E-state index in [0.29, 0.717) is 11.0 Å². The van der Waals surface area contributed by atoms with Crippen LogP contribution >= 0.6 is 23.2 Å².